The number of pyridine rings is 1. The van der Waals surface area contributed by atoms with Crippen LogP contribution >= 0.6 is 0 Å². The molecule has 4 rings (SSSR count). The van der Waals surface area contributed by atoms with Crippen LogP contribution in [-0.4, -0.2) is 32.9 Å². The van der Waals surface area contributed by atoms with Crippen LogP contribution in [0.15, 0.2) is 15.7 Å². The lowest BCUT2D eigenvalue weighted by Crippen LogP contribution is -2.45. The van der Waals surface area contributed by atoms with Crippen LogP contribution in [0.25, 0.3) is 11.0 Å². The SMILES string of the molecule is CC(C)(N)C1CCN(c2nc3c(cc2F)c(=O)n(N)c(=O)n3C2CC2)C1. The zero-order valence-electron chi connectivity index (χ0n) is 14.9. The zero-order chi connectivity index (χ0) is 18.8. The van der Waals surface area contributed by atoms with Crippen LogP contribution in [0.3, 0.4) is 0 Å². The van der Waals surface area contributed by atoms with E-state index in [9.17, 15) is 14.0 Å². The molecular formula is C17H23FN6O2. The van der Waals surface area contributed by atoms with Gasteiger partial charge in [0.25, 0.3) is 5.56 Å². The topological polar surface area (TPSA) is 112 Å². The van der Waals surface area contributed by atoms with E-state index in [1.54, 1.807) is 0 Å². The van der Waals surface area contributed by atoms with Gasteiger partial charge in [0.05, 0.1) is 5.39 Å². The van der Waals surface area contributed by atoms with Crippen molar-refractivity contribution in [2.75, 3.05) is 23.8 Å². The fraction of sp³-hybridized carbons (Fsp3) is 0.588. The summed E-state index contributed by atoms with van der Waals surface area (Å²) in [6, 6.07) is 1.10. The number of fused-ring (bicyclic) bond motifs is 1. The van der Waals surface area contributed by atoms with Crippen LogP contribution in [0.5, 0.6) is 0 Å². The first-order valence-corrected chi connectivity index (χ1v) is 8.85. The van der Waals surface area contributed by atoms with Gasteiger partial charge in [-0.2, -0.15) is 4.68 Å². The van der Waals surface area contributed by atoms with Crippen molar-refractivity contribution in [3.63, 3.8) is 0 Å². The van der Waals surface area contributed by atoms with Gasteiger partial charge in [-0.25, -0.2) is 14.2 Å². The van der Waals surface area contributed by atoms with E-state index in [2.05, 4.69) is 4.98 Å². The molecule has 0 radical (unpaired) electrons. The maximum absolute atomic E-state index is 14.7. The molecule has 0 amide bonds. The molecule has 1 saturated carbocycles. The molecule has 4 N–H and O–H groups in total. The molecule has 2 aromatic heterocycles. The molecule has 0 aromatic carbocycles. The third kappa shape index (κ3) is 2.57. The number of hydrogen-bond acceptors (Lipinski definition) is 6. The van der Waals surface area contributed by atoms with Crippen molar-refractivity contribution in [2.24, 2.45) is 11.7 Å². The summed E-state index contributed by atoms with van der Waals surface area (Å²) in [6.45, 7) is 5.13. The third-order valence-corrected chi connectivity index (χ3v) is 5.48. The Morgan fingerprint density at radius 2 is 1.96 bits per heavy atom. The van der Waals surface area contributed by atoms with E-state index < -0.39 is 17.1 Å². The van der Waals surface area contributed by atoms with Gasteiger partial charge in [-0.15, -0.1) is 0 Å². The molecule has 2 fully saturated rings. The van der Waals surface area contributed by atoms with Crippen LogP contribution in [0.1, 0.15) is 39.2 Å². The zero-order valence-corrected chi connectivity index (χ0v) is 14.9. The van der Waals surface area contributed by atoms with E-state index in [4.69, 9.17) is 11.6 Å². The lowest BCUT2D eigenvalue weighted by Gasteiger charge is -2.27. The van der Waals surface area contributed by atoms with E-state index in [1.165, 1.54) is 4.57 Å². The van der Waals surface area contributed by atoms with Gasteiger partial charge >= 0.3 is 5.69 Å². The van der Waals surface area contributed by atoms with Gasteiger partial charge in [-0.05, 0) is 45.1 Å². The first kappa shape index (κ1) is 17.0. The summed E-state index contributed by atoms with van der Waals surface area (Å²) in [5, 5.41) is 0.0233. The summed E-state index contributed by atoms with van der Waals surface area (Å²) in [7, 11) is 0. The summed E-state index contributed by atoms with van der Waals surface area (Å²) in [5.74, 6) is 5.37. The lowest BCUT2D eigenvalue weighted by molar-refractivity contribution is 0.348. The van der Waals surface area contributed by atoms with Crippen molar-refractivity contribution >= 4 is 16.9 Å². The number of nitrogens with two attached hydrogens (primary N) is 2. The molecule has 1 atom stereocenters. The third-order valence-electron chi connectivity index (χ3n) is 5.48. The molecule has 1 aliphatic carbocycles. The molecular weight excluding hydrogens is 339 g/mol. The minimum absolute atomic E-state index is 0.0233. The maximum atomic E-state index is 14.7. The highest BCUT2D eigenvalue weighted by molar-refractivity contribution is 5.77. The first-order valence-electron chi connectivity index (χ1n) is 8.85. The highest BCUT2D eigenvalue weighted by Crippen LogP contribution is 2.36. The number of hydrogen-bond donors (Lipinski definition) is 2. The molecule has 3 heterocycles. The van der Waals surface area contributed by atoms with E-state index in [-0.39, 0.29) is 34.3 Å². The minimum Gasteiger partial charge on any atom is -0.354 e. The Morgan fingerprint density at radius 3 is 2.54 bits per heavy atom. The van der Waals surface area contributed by atoms with Gasteiger partial charge < -0.3 is 16.5 Å². The van der Waals surface area contributed by atoms with Crippen molar-refractivity contribution in [1.82, 2.24) is 14.2 Å². The fourth-order valence-corrected chi connectivity index (χ4v) is 3.68. The summed E-state index contributed by atoms with van der Waals surface area (Å²) in [6.07, 6.45) is 2.46. The Hall–Kier alpha value is -2.42. The molecule has 140 valence electrons. The lowest BCUT2D eigenvalue weighted by atomic mass is 9.88. The van der Waals surface area contributed by atoms with Crippen molar-refractivity contribution in [3.8, 4) is 0 Å². The number of rotatable bonds is 3. The largest absolute Gasteiger partial charge is 0.354 e. The summed E-state index contributed by atoms with van der Waals surface area (Å²) < 4.78 is 16.7. The molecule has 1 saturated heterocycles. The highest BCUT2D eigenvalue weighted by Gasteiger charge is 2.35. The summed E-state index contributed by atoms with van der Waals surface area (Å²) in [5.41, 5.74) is 4.68. The minimum atomic E-state index is -0.734. The Kier molecular flexibility index (Phi) is 3.62. The van der Waals surface area contributed by atoms with Crippen molar-refractivity contribution in [3.05, 3.63) is 32.7 Å². The normalized spacial score (nSPS) is 20.9. The number of halogens is 1. The second-order valence-corrected chi connectivity index (χ2v) is 7.98. The van der Waals surface area contributed by atoms with Gasteiger partial charge in [-0.1, -0.05) is 0 Å². The predicted molar refractivity (Wildman–Crippen MR) is 97.2 cm³/mol. The quantitative estimate of drug-likeness (QED) is 0.760. The number of nitrogen functional groups attached to an aromatic ring is 1. The van der Waals surface area contributed by atoms with Crippen LogP contribution in [-0.2, 0) is 0 Å². The standard InChI is InChI=1S/C17H23FN6O2/c1-17(2,19)9-5-6-22(8-9)14-12(18)7-11-13(21-14)23(10-3-4-10)16(26)24(20)15(11)25/h7,9-10H,3-6,8,19-20H2,1-2H3. The molecule has 26 heavy (non-hydrogen) atoms. The highest BCUT2D eigenvalue weighted by atomic mass is 19.1. The number of aromatic nitrogens is 3. The van der Waals surface area contributed by atoms with E-state index in [1.807, 2.05) is 18.7 Å². The average Bonchev–Trinajstić information content (AvgIpc) is 3.27. The second kappa shape index (κ2) is 5.54. The van der Waals surface area contributed by atoms with E-state index in [0.29, 0.717) is 17.8 Å². The monoisotopic (exact) mass is 362 g/mol. The molecule has 2 aromatic rings. The maximum Gasteiger partial charge on any atom is 0.351 e. The molecule has 2 aliphatic rings. The van der Waals surface area contributed by atoms with E-state index >= 15 is 0 Å². The van der Waals surface area contributed by atoms with Gasteiger partial charge in [0.1, 0.15) is 0 Å². The van der Waals surface area contributed by atoms with Crippen LogP contribution < -0.4 is 27.7 Å². The van der Waals surface area contributed by atoms with Crippen molar-refractivity contribution in [2.45, 2.75) is 44.7 Å². The second-order valence-electron chi connectivity index (χ2n) is 7.98. The predicted octanol–water partition coefficient (Wildman–Crippen LogP) is 0.310. The van der Waals surface area contributed by atoms with Gasteiger partial charge in [-0.3, -0.25) is 9.36 Å². The molecule has 0 spiro atoms. The molecule has 8 nitrogen and oxygen atoms in total. The van der Waals surface area contributed by atoms with Gasteiger partial charge in [0.2, 0.25) is 0 Å². The van der Waals surface area contributed by atoms with Crippen molar-refractivity contribution in [1.29, 1.82) is 0 Å². The Morgan fingerprint density at radius 1 is 1.27 bits per heavy atom. The van der Waals surface area contributed by atoms with Gasteiger partial charge in [0.15, 0.2) is 17.3 Å². The summed E-state index contributed by atoms with van der Waals surface area (Å²) >= 11 is 0. The van der Waals surface area contributed by atoms with E-state index in [0.717, 1.165) is 25.3 Å². The molecule has 0 bridgehead atoms. The Labute approximate surface area is 149 Å². The molecule has 1 unspecified atom stereocenters. The average molecular weight is 362 g/mol. The molecule has 9 heteroatoms. The first-order chi connectivity index (χ1) is 12.2. The summed E-state index contributed by atoms with van der Waals surface area (Å²) in [4.78, 5) is 31.0. The smallest absolute Gasteiger partial charge is 0.351 e. The fourth-order valence-electron chi connectivity index (χ4n) is 3.68. The van der Waals surface area contributed by atoms with Crippen molar-refractivity contribution < 1.29 is 4.39 Å². The Bertz CT molecular complexity index is 1000. The number of nitrogens with zero attached hydrogens (tertiary/aromatic N) is 4. The Balaban J connectivity index is 1.87. The number of anilines is 1. The van der Waals surface area contributed by atoms with Crippen LogP contribution in [0.2, 0.25) is 0 Å². The van der Waals surface area contributed by atoms with Gasteiger partial charge in [0, 0.05) is 24.7 Å². The molecule has 1 aliphatic heterocycles. The van der Waals surface area contributed by atoms with Crippen LogP contribution in [0, 0.1) is 11.7 Å². The van der Waals surface area contributed by atoms with Crippen LogP contribution in [0.4, 0.5) is 10.2 Å².